The summed E-state index contributed by atoms with van der Waals surface area (Å²) in [6.07, 6.45) is 3.00. The van der Waals surface area contributed by atoms with Crippen LogP contribution in [0.1, 0.15) is 50.5 Å². The van der Waals surface area contributed by atoms with E-state index in [2.05, 4.69) is 0 Å². The molecule has 1 aliphatic rings. The zero-order chi connectivity index (χ0) is 15.4. The highest BCUT2D eigenvalue weighted by Crippen LogP contribution is 2.39. The lowest BCUT2D eigenvalue weighted by Gasteiger charge is -2.28. The van der Waals surface area contributed by atoms with Crippen molar-refractivity contribution >= 4 is 5.97 Å². The fourth-order valence-electron chi connectivity index (χ4n) is 3.05. The number of esters is 1. The zero-order valence-electron chi connectivity index (χ0n) is 12.0. The van der Waals surface area contributed by atoms with Crippen LogP contribution in [0.2, 0.25) is 0 Å². The molecule has 0 spiro atoms. The molecule has 21 heavy (non-hydrogen) atoms. The quantitative estimate of drug-likeness (QED) is 0.774. The number of halogens is 3. The SMILES string of the molecule is CCOC(=O)CC1CCC(c2c(F)cc(F)cc2F)CC1. The molecule has 0 unspecified atom stereocenters. The average Bonchev–Trinajstić information content (AvgIpc) is 2.39. The van der Waals surface area contributed by atoms with E-state index < -0.39 is 17.5 Å². The van der Waals surface area contributed by atoms with Crippen LogP contribution >= 0.6 is 0 Å². The number of hydrogen-bond donors (Lipinski definition) is 0. The van der Waals surface area contributed by atoms with Crippen LogP contribution in [0.15, 0.2) is 12.1 Å². The molecular weight excluding hydrogens is 281 g/mol. The van der Waals surface area contributed by atoms with E-state index in [0.717, 1.165) is 25.0 Å². The van der Waals surface area contributed by atoms with Crippen LogP contribution in [0.3, 0.4) is 0 Å². The Bertz CT molecular complexity index is 485. The molecule has 1 saturated carbocycles. The summed E-state index contributed by atoms with van der Waals surface area (Å²) in [6, 6.07) is 1.45. The van der Waals surface area contributed by atoms with Gasteiger partial charge in [-0.1, -0.05) is 0 Å². The monoisotopic (exact) mass is 300 g/mol. The van der Waals surface area contributed by atoms with Crippen molar-refractivity contribution < 1.29 is 22.7 Å². The number of hydrogen-bond acceptors (Lipinski definition) is 2. The molecule has 0 radical (unpaired) electrons. The van der Waals surface area contributed by atoms with E-state index in [1.807, 2.05) is 0 Å². The summed E-state index contributed by atoms with van der Waals surface area (Å²) in [6.45, 7) is 2.12. The van der Waals surface area contributed by atoms with Gasteiger partial charge in [-0.3, -0.25) is 4.79 Å². The number of ether oxygens (including phenoxy) is 1. The second-order valence-electron chi connectivity index (χ2n) is 5.51. The molecule has 1 aromatic rings. The number of carbonyl (C=O) groups excluding carboxylic acids is 1. The van der Waals surface area contributed by atoms with E-state index in [9.17, 15) is 18.0 Å². The minimum atomic E-state index is -0.898. The summed E-state index contributed by atoms with van der Waals surface area (Å²) in [5.74, 6) is -2.80. The van der Waals surface area contributed by atoms with Crippen molar-refractivity contribution in [1.29, 1.82) is 0 Å². The van der Waals surface area contributed by atoms with Crippen LogP contribution in [0.5, 0.6) is 0 Å². The fraction of sp³-hybridized carbons (Fsp3) is 0.562. The Labute approximate surface area is 122 Å². The third kappa shape index (κ3) is 3.99. The van der Waals surface area contributed by atoms with Gasteiger partial charge in [-0.05, 0) is 44.4 Å². The van der Waals surface area contributed by atoms with Crippen molar-refractivity contribution in [3.8, 4) is 0 Å². The maximum Gasteiger partial charge on any atom is 0.306 e. The molecule has 0 aromatic heterocycles. The van der Waals surface area contributed by atoms with Gasteiger partial charge >= 0.3 is 5.97 Å². The Balaban J connectivity index is 1.97. The zero-order valence-corrected chi connectivity index (χ0v) is 12.0. The molecular formula is C16H19F3O2. The first-order chi connectivity index (χ1) is 10.0. The predicted molar refractivity (Wildman–Crippen MR) is 72.3 cm³/mol. The predicted octanol–water partition coefficient (Wildman–Crippen LogP) is 4.33. The molecule has 1 aromatic carbocycles. The first-order valence-corrected chi connectivity index (χ1v) is 7.31. The maximum atomic E-state index is 13.7. The van der Waals surface area contributed by atoms with E-state index in [1.54, 1.807) is 6.92 Å². The lowest BCUT2D eigenvalue weighted by molar-refractivity contribution is -0.144. The third-order valence-corrected chi connectivity index (χ3v) is 4.06. The van der Waals surface area contributed by atoms with Crippen molar-refractivity contribution in [2.75, 3.05) is 6.61 Å². The van der Waals surface area contributed by atoms with Gasteiger partial charge in [0, 0.05) is 24.1 Å². The van der Waals surface area contributed by atoms with Crippen molar-refractivity contribution in [3.05, 3.63) is 35.1 Å². The van der Waals surface area contributed by atoms with Gasteiger partial charge in [-0.2, -0.15) is 0 Å². The Kier molecular flexibility index (Phi) is 5.26. The molecule has 0 bridgehead atoms. The summed E-state index contributed by atoms with van der Waals surface area (Å²) in [5, 5.41) is 0. The Morgan fingerprint density at radius 3 is 2.24 bits per heavy atom. The standard InChI is InChI=1S/C16H19F3O2/c1-2-21-15(20)7-10-3-5-11(6-4-10)16-13(18)8-12(17)9-14(16)19/h8-11H,2-7H2,1H3. The molecule has 2 nitrogen and oxygen atoms in total. The summed E-state index contributed by atoms with van der Waals surface area (Å²) in [5.41, 5.74) is -0.0222. The second-order valence-corrected chi connectivity index (χ2v) is 5.51. The molecule has 0 atom stereocenters. The minimum Gasteiger partial charge on any atom is -0.466 e. The molecule has 1 aliphatic carbocycles. The van der Waals surface area contributed by atoms with Crippen LogP contribution in [0, 0.1) is 23.4 Å². The van der Waals surface area contributed by atoms with E-state index in [1.165, 1.54) is 0 Å². The smallest absolute Gasteiger partial charge is 0.306 e. The Morgan fingerprint density at radius 2 is 1.71 bits per heavy atom. The van der Waals surface area contributed by atoms with Crippen LogP contribution in [0.4, 0.5) is 13.2 Å². The van der Waals surface area contributed by atoms with Crippen LogP contribution < -0.4 is 0 Å². The van der Waals surface area contributed by atoms with Crippen LogP contribution in [-0.2, 0) is 9.53 Å². The van der Waals surface area contributed by atoms with Crippen LogP contribution in [0.25, 0.3) is 0 Å². The number of carbonyl (C=O) groups is 1. The highest BCUT2D eigenvalue weighted by molar-refractivity contribution is 5.69. The first-order valence-electron chi connectivity index (χ1n) is 7.31. The van der Waals surface area contributed by atoms with Crippen molar-refractivity contribution in [2.24, 2.45) is 5.92 Å². The fourth-order valence-corrected chi connectivity index (χ4v) is 3.05. The molecule has 0 heterocycles. The van der Waals surface area contributed by atoms with Gasteiger partial charge in [0.05, 0.1) is 6.61 Å². The summed E-state index contributed by atoms with van der Waals surface area (Å²) in [4.78, 5) is 11.4. The lowest BCUT2D eigenvalue weighted by Crippen LogP contribution is -2.19. The summed E-state index contributed by atoms with van der Waals surface area (Å²) >= 11 is 0. The van der Waals surface area contributed by atoms with E-state index >= 15 is 0 Å². The van der Waals surface area contributed by atoms with Gasteiger partial charge < -0.3 is 4.74 Å². The van der Waals surface area contributed by atoms with Gasteiger partial charge in [0.25, 0.3) is 0 Å². The number of benzene rings is 1. The molecule has 1 fully saturated rings. The van der Waals surface area contributed by atoms with Gasteiger partial charge in [-0.25, -0.2) is 13.2 Å². The van der Waals surface area contributed by atoms with E-state index in [-0.39, 0.29) is 23.4 Å². The van der Waals surface area contributed by atoms with Crippen molar-refractivity contribution in [1.82, 2.24) is 0 Å². The van der Waals surface area contributed by atoms with Gasteiger partial charge in [0.1, 0.15) is 17.5 Å². The Hall–Kier alpha value is -1.52. The summed E-state index contributed by atoms with van der Waals surface area (Å²) in [7, 11) is 0. The number of rotatable bonds is 4. The molecule has 0 aliphatic heterocycles. The van der Waals surface area contributed by atoms with Crippen molar-refractivity contribution in [2.45, 2.75) is 44.9 Å². The summed E-state index contributed by atoms with van der Waals surface area (Å²) < 4.78 is 45.3. The topological polar surface area (TPSA) is 26.3 Å². The van der Waals surface area contributed by atoms with Gasteiger partial charge in [0.2, 0.25) is 0 Å². The molecule has 2 rings (SSSR count). The largest absolute Gasteiger partial charge is 0.466 e. The van der Waals surface area contributed by atoms with Crippen LogP contribution in [-0.4, -0.2) is 12.6 Å². The highest BCUT2D eigenvalue weighted by atomic mass is 19.1. The van der Waals surface area contributed by atoms with Crippen molar-refractivity contribution in [3.63, 3.8) is 0 Å². The molecule has 116 valence electrons. The second kappa shape index (κ2) is 6.96. The highest BCUT2D eigenvalue weighted by Gasteiger charge is 2.28. The normalized spacial score (nSPS) is 22.1. The lowest BCUT2D eigenvalue weighted by atomic mass is 9.77. The molecule has 0 N–H and O–H groups in total. The molecule has 0 amide bonds. The molecule has 5 heteroatoms. The van der Waals surface area contributed by atoms with Gasteiger partial charge in [0.15, 0.2) is 0 Å². The van der Waals surface area contributed by atoms with Gasteiger partial charge in [-0.15, -0.1) is 0 Å². The third-order valence-electron chi connectivity index (χ3n) is 4.06. The van der Waals surface area contributed by atoms with E-state index in [4.69, 9.17) is 4.74 Å². The van der Waals surface area contributed by atoms with E-state index in [0.29, 0.717) is 25.9 Å². The Morgan fingerprint density at radius 1 is 1.14 bits per heavy atom. The minimum absolute atomic E-state index is 0.0222. The first kappa shape index (κ1) is 15.9. The molecule has 0 saturated heterocycles. The maximum absolute atomic E-state index is 13.7. The average molecular weight is 300 g/mol.